The lowest BCUT2D eigenvalue weighted by Gasteiger charge is -2.59. The van der Waals surface area contributed by atoms with Crippen molar-refractivity contribution in [2.24, 2.45) is 11.3 Å². The van der Waals surface area contributed by atoms with E-state index in [2.05, 4.69) is 11.9 Å². The summed E-state index contributed by atoms with van der Waals surface area (Å²) in [6.45, 7) is 8.28. The molecule has 0 aromatic carbocycles. The summed E-state index contributed by atoms with van der Waals surface area (Å²) in [6.07, 6.45) is 0. The number of rotatable bonds is 1. The van der Waals surface area contributed by atoms with Crippen LogP contribution in [0.3, 0.4) is 0 Å². The van der Waals surface area contributed by atoms with Crippen LogP contribution in [-0.2, 0) is 4.79 Å². The third-order valence-corrected chi connectivity index (χ3v) is 3.07. The Kier molecular flexibility index (Phi) is 1.88. The maximum Gasteiger partial charge on any atom is 0.225 e. The van der Waals surface area contributed by atoms with Gasteiger partial charge in [-0.05, 0) is 7.05 Å². The minimum absolute atomic E-state index is 0.162. The quantitative estimate of drug-likeness (QED) is 0.586. The zero-order valence-electron chi connectivity index (χ0n) is 8.71. The first kappa shape index (κ1) is 9.00. The highest BCUT2D eigenvalue weighted by Crippen LogP contribution is 2.38. The normalized spacial score (nSPS) is 26.0. The third kappa shape index (κ3) is 1.35. The molecule has 0 atom stereocenters. The smallest absolute Gasteiger partial charge is 0.225 e. The fraction of sp³-hybridized carbons (Fsp3) is 0.900. The zero-order valence-corrected chi connectivity index (χ0v) is 8.71. The highest BCUT2D eigenvalue weighted by atomic mass is 16.2. The molecule has 2 aliphatic rings. The maximum atomic E-state index is 11.5. The van der Waals surface area contributed by atoms with Gasteiger partial charge in [-0.1, -0.05) is 13.8 Å². The third-order valence-electron chi connectivity index (χ3n) is 3.07. The van der Waals surface area contributed by atoms with Gasteiger partial charge in [0.25, 0.3) is 0 Å². The van der Waals surface area contributed by atoms with Crippen molar-refractivity contribution in [3.8, 4) is 0 Å². The molecule has 0 aromatic heterocycles. The molecule has 0 radical (unpaired) electrons. The van der Waals surface area contributed by atoms with Crippen molar-refractivity contribution in [1.29, 1.82) is 0 Å². The number of hydrogen-bond acceptors (Lipinski definition) is 2. The Morgan fingerprint density at radius 1 is 1.23 bits per heavy atom. The van der Waals surface area contributed by atoms with Gasteiger partial charge >= 0.3 is 0 Å². The van der Waals surface area contributed by atoms with Gasteiger partial charge in [0.05, 0.1) is 0 Å². The molecular weight excluding hydrogens is 164 g/mol. The molecule has 74 valence electrons. The van der Waals surface area contributed by atoms with E-state index in [9.17, 15) is 4.79 Å². The number of hydrogen-bond donors (Lipinski definition) is 0. The molecule has 2 aliphatic heterocycles. The van der Waals surface area contributed by atoms with Crippen LogP contribution in [-0.4, -0.2) is 48.9 Å². The number of carbonyl (C=O) groups is 1. The fourth-order valence-corrected chi connectivity index (χ4v) is 2.58. The summed E-state index contributed by atoms with van der Waals surface area (Å²) >= 11 is 0. The standard InChI is InChI=1S/C10H18N2O/c1-8(2)9(13)12-6-10(7-12)4-11(3)5-10/h8H,4-7H2,1-3H3. The van der Waals surface area contributed by atoms with Crippen molar-refractivity contribution in [1.82, 2.24) is 9.80 Å². The molecule has 0 saturated carbocycles. The largest absolute Gasteiger partial charge is 0.341 e. The molecule has 3 heteroatoms. The highest BCUT2D eigenvalue weighted by molar-refractivity contribution is 5.79. The molecule has 2 heterocycles. The predicted octanol–water partition coefficient (Wildman–Crippen LogP) is 0.416. The minimum atomic E-state index is 0.162. The maximum absolute atomic E-state index is 11.5. The number of likely N-dealkylation sites (tertiary alicyclic amines) is 2. The molecule has 2 fully saturated rings. The van der Waals surface area contributed by atoms with Crippen LogP contribution in [0.15, 0.2) is 0 Å². The van der Waals surface area contributed by atoms with E-state index in [0.29, 0.717) is 11.3 Å². The van der Waals surface area contributed by atoms with Gasteiger partial charge < -0.3 is 9.80 Å². The Morgan fingerprint density at radius 2 is 1.77 bits per heavy atom. The second-order valence-electron chi connectivity index (χ2n) is 5.02. The van der Waals surface area contributed by atoms with Gasteiger partial charge in [0, 0.05) is 37.5 Å². The van der Waals surface area contributed by atoms with Gasteiger partial charge in [-0.3, -0.25) is 4.79 Å². The van der Waals surface area contributed by atoms with E-state index in [1.54, 1.807) is 0 Å². The zero-order chi connectivity index (χ0) is 9.64. The van der Waals surface area contributed by atoms with Crippen molar-refractivity contribution >= 4 is 5.91 Å². The Labute approximate surface area is 79.7 Å². The summed E-state index contributed by atoms with van der Waals surface area (Å²) in [5.41, 5.74) is 0.485. The van der Waals surface area contributed by atoms with Gasteiger partial charge in [0.2, 0.25) is 5.91 Å². The summed E-state index contributed by atoms with van der Waals surface area (Å²) in [5.74, 6) is 0.482. The van der Waals surface area contributed by atoms with Gasteiger partial charge in [0.15, 0.2) is 0 Å². The molecule has 0 unspecified atom stereocenters. The van der Waals surface area contributed by atoms with E-state index < -0.39 is 0 Å². The number of amides is 1. The minimum Gasteiger partial charge on any atom is -0.341 e. The lowest BCUT2D eigenvalue weighted by molar-refractivity contribution is -0.159. The summed E-state index contributed by atoms with van der Waals surface area (Å²) < 4.78 is 0. The highest BCUT2D eigenvalue weighted by Gasteiger charge is 2.51. The van der Waals surface area contributed by atoms with Gasteiger partial charge in [0.1, 0.15) is 0 Å². The van der Waals surface area contributed by atoms with Crippen LogP contribution >= 0.6 is 0 Å². The van der Waals surface area contributed by atoms with Crippen molar-refractivity contribution in [3.63, 3.8) is 0 Å². The Balaban J connectivity index is 1.82. The van der Waals surface area contributed by atoms with E-state index in [-0.39, 0.29) is 5.92 Å². The molecule has 1 spiro atoms. The summed E-state index contributed by atoms with van der Waals surface area (Å²) in [5, 5.41) is 0. The van der Waals surface area contributed by atoms with E-state index in [1.807, 2.05) is 18.7 Å². The first-order valence-corrected chi connectivity index (χ1v) is 5.00. The van der Waals surface area contributed by atoms with Crippen LogP contribution in [0.2, 0.25) is 0 Å². The van der Waals surface area contributed by atoms with Crippen LogP contribution < -0.4 is 0 Å². The van der Waals surface area contributed by atoms with Crippen molar-refractivity contribution in [2.75, 3.05) is 33.2 Å². The van der Waals surface area contributed by atoms with Gasteiger partial charge in [-0.2, -0.15) is 0 Å². The SMILES string of the molecule is CC(C)C(=O)N1CC2(CN(C)C2)C1. The molecule has 2 saturated heterocycles. The van der Waals surface area contributed by atoms with Crippen LogP contribution in [0, 0.1) is 11.3 Å². The molecule has 0 aromatic rings. The van der Waals surface area contributed by atoms with E-state index in [0.717, 1.165) is 13.1 Å². The van der Waals surface area contributed by atoms with Crippen molar-refractivity contribution < 1.29 is 4.79 Å². The van der Waals surface area contributed by atoms with Crippen LogP contribution in [0.4, 0.5) is 0 Å². The first-order chi connectivity index (χ1) is 6.02. The average Bonchev–Trinajstić information content (AvgIpc) is 1.92. The second kappa shape index (κ2) is 2.71. The molecule has 0 aliphatic carbocycles. The number of nitrogens with zero attached hydrogens (tertiary/aromatic N) is 2. The summed E-state index contributed by atoms with van der Waals surface area (Å²) in [6, 6.07) is 0. The second-order valence-corrected chi connectivity index (χ2v) is 5.02. The van der Waals surface area contributed by atoms with E-state index in [1.165, 1.54) is 13.1 Å². The monoisotopic (exact) mass is 182 g/mol. The van der Waals surface area contributed by atoms with Crippen molar-refractivity contribution in [3.05, 3.63) is 0 Å². The molecule has 0 bridgehead atoms. The van der Waals surface area contributed by atoms with Crippen molar-refractivity contribution in [2.45, 2.75) is 13.8 Å². The van der Waals surface area contributed by atoms with Crippen LogP contribution in [0.25, 0.3) is 0 Å². The molecule has 0 N–H and O–H groups in total. The molecular formula is C10H18N2O. The van der Waals surface area contributed by atoms with Crippen LogP contribution in [0.1, 0.15) is 13.8 Å². The molecule has 1 amide bonds. The first-order valence-electron chi connectivity index (χ1n) is 5.00. The number of carbonyl (C=O) groups excluding carboxylic acids is 1. The molecule has 2 rings (SSSR count). The predicted molar refractivity (Wildman–Crippen MR) is 51.3 cm³/mol. The topological polar surface area (TPSA) is 23.6 Å². The van der Waals surface area contributed by atoms with Gasteiger partial charge in [-0.25, -0.2) is 0 Å². The molecule has 3 nitrogen and oxygen atoms in total. The molecule has 13 heavy (non-hydrogen) atoms. The lowest BCUT2D eigenvalue weighted by atomic mass is 9.73. The summed E-state index contributed by atoms with van der Waals surface area (Å²) in [4.78, 5) is 15.9. The fourth-order valence-electron chi connectivity index (χ4n) is 2.58. The average molecular weight is 182 g/mol. The Morgan fingerprint density at radius 3 is 2.15 bits per heavy atom. The lowest BCUT2D eigenvalue weighted by Crippen LogP contribution is -2.72. The van der Waals surface area contributed by atoms with Crippen LogP contribution in [0.5, 0.6) is 0 Å². The Hall–Kier alpha value is -0.570. The van der Waals surface area contributed by atoms with E-state index in [4.69, 9.17) is 0 Å². The van der Waals surface area contributed by atoms with Gasteiger partial charge in [-0.15, -0.1) is 0 Å². The summed E-state index contributed by atoms with van der Waals surface area (Å²) in [7, 11) is 2.14. The van der Waals surface area contributed by atoms with E-state index >= 15 is 0 Å². The Bertz CT molecular complexity index is 223.